The van der Waals surface area contributed by atoms with E-state index in [9.17, 15) is 0 Å². The zero-order valence-electron chi connectivity index (χ0n) is 12.5. The van der Waals surface area contributed by atoms with Crippen LogP contribution in [0.2, 0.25) is 0 Å². The molecule has 1 saturated heterocycles. The summed E-state index contributed by atoms with van der Waals surface area (Å²) in [6.07, 6.45) is 6.89. The quantitative estimate of drug-likeness (QED) is 0.911. The Kier molecular flexibility index (Phi) is 4.74. The van der Waals surface area contributed by atoms with Gasteiger partial charge in [0, 0.05) is 13.1 Å². The fourth-order valence-corrected chi connectivity index (χ4v) is 4.16. The van der Waals surface area contributed by atoms with Crippen LogP contribution in [-0.2, 0) is 0 Å². The Hall–Kier alpha value is -0.860. The van der Waals surface area contributed by atoms with Crippen LogP contribution in [0.25, 0.3) is 0 Å². The van der Waals surface area contributed by atoms with Crippen LogP contribution in [0.1, 0.15) is 43.6 Å². The molecule has 2 aliphatic rings. The van der Waals surface area contributed by atoms with Crippen LogP contribution in [0.3, 0.4) is 0 Å². The average Bonchev–Trinajstić information content (AvgIpc) is 2.97. The zero-order chi connectivity index (χ0) is 13.8. The van der Waals surface area contributed by atoms with Crippen LogP contribution >= 0.6 is 0 Å². The van der Waals surface area contributed by atoms with Gasteiger partial charge >= 0.3 is 0 Å². The molecule has 20 heavy (non-hydrogen) atoms. The predicted octanol–water partition coefficient (Wildman–Crippen LogP) is 3.24. The fourth-order valence-electron chi connectivity index (χ4n) is 4.16. The maximum absolute atomic E-state index is 5.97. The molecule has 0 aromatic heterocycles. The monoisotopic (exact) mass is 272 g/mol. The highest BCUT2D eigenvalue weighted by atomic mass is 15.1. The molecule has 3 rings (SSSR count). The van der Waals surface area contributed by atoms with Gasteiger partial charge in [-0.1, -0.05) is 43.2 Å². The lowest BCUT2D eigenvalue weighted by atomic mass is 9.79. The summed E-state index contributed by atoms with van der Waals surface area (Å²) in [6.45, 7) is 4.69. The van der Waals surface area contributed by atoms with Crippen LogP contribution in [0.15, 0.2) is 30.3 Å². The lowest BCUT2D eigenvalue weighted by Crippen LogP contribution is -2.36. The van der Waals surface area contributed by atoms with Crippen molar-refractivity contribution in [2.24, 2.45) is 17.6 Å². The van der Waals surface area contributed by atoms with E-state index < -0.39 is 0 Å². The number of benzene rings is 1. The molecule has 1 aliphatic carbocycles. The molecule has 2 nitrogen and oxygen atoms in total. The van der Waals surface area contributed by atoms with E-state index in [4.69, 9.17) is 5.73 Å². The summed E-state index contributed by atoms with van der Waals surface area (Å²) in [5.74, 6) is 2.37. The summed E-state index contributed by atoms with van der Waals surface area (Å²) in [5.41, 5.74) is 7.49. The fraction of sp³-hybridized carbons (Fsp3) is 0.667. The third kappa shape index (κ3) is 3.24. The van der Waals surface area contributed by atoms with Crippen LogP contribution in [0.4, 0.5) is 0 Å². The molecule has 2 N–H and O–H groups in total. The third-order valence-corrected chi connectivity index (χ3v) is 5.41. The molecule has 0 spiro atoms. The van der Waals surface area contributed by atoms with Gasteiger partial charge in [-0.05, 0) is 55.7 Å². The van der Waals surface area contributed by atoms with E-state index >= 15 is 0 Å². The number of hydrogen-bond donors (Lipinski definition) is 1. The molecule has 0 radical (unpaired) electrons. The van der Waals surface area contributed by atoms with Gasteiger partial charge in [0.25, 0.3) is 0 Å². The van der Waals surface area contributed by atoms with Gasteiger partial charge in [-0.25, -0.2) is 0 Å². The number of nitrogens with zero attached hydrogens (tertiary/aromatic N) is 1. The molecular weight excluding hydrogens is 244 g/mol. The van der Waals surface area contributed by atoms with Crippen molar-refractivity contribution in [1.29, 1.82) is 0 Å². The second-order valence-electron chi connectivity index (χ2n) is 6.70. The number of likely N-dealkylation sites (tertiary alicyclic amines) is 1. The van der Waals surface area contributed by atoms with Crippen molar-refractivity contribution in [3.05, 3.63) is 35.9 Å². The van der Waals surface area contributed by atoms with E-state index in [1.807, 2.05) is 0 Å². The van der Waals surface area contributed by atoms with Gasteiger partial charge in [-0.15, -0.1) is 0 Å². The summed E-state index contributed by atoms with van der Waals surface area (Å²) in [7, 11) is 0. The minimum atomic E-state index is 0.746. The van der Waals surface area contributed by atoms with Crippen LogP contribution in [-0.4, -0.2) is 31.1 Å². The van der Waals surface area contributed by atoms with E-state index in [1.54, 1.807) is 0 Å². The van der Waals surface area contributed by atoms with Gasteiger partial charge in [0.15, 0.2) is 0 Å². The van der Waals surface area contributed by atoms with Gasteiger partial charge in [0.1, 0.15) is 0 Å². The van der Waals surface area contributed by atoms with Crippen LogP contribution in [0, 0.1) is 11.8 Å². The molecule has 1 aromatic carbocycles. The maximum atomic E-state index is 5.97. The summed E-state index contributed by atoms with van der Waals surface area (Å²) >= 11 is 0. The predicted molar refractivity (Wildman–Crippen MR) is 84.7 cm³/mol. The molecule has 3 unspecified atom stereocenters. The molecule has 110 valence electrons. The maximum Gasteiger partial charge on any atom is 0.00509 e. The molecule has 0 amide bonds. The minimum Gasteiger partial charge on any atom is -0.330 e. The lowest BCUT2D eigenvalue weighted by Gasteiger charge is -2.33. The Balaban J connectivity index is 1.55. The van der Waals surface area contributed by atoms with Gasteiger partial charge in [-0.3, -0.25) is 0 Å². The standard InChI is InChI=1S/C18H28N2/c19-12-16-8-4-5-9-17(16)13-20-11-10-18(14-20)15-6-2-1-3-7-15/h1-3,6-7,16-18H,4-5,8-14,19H2. The Morgan fingerprint density at radius 1 is 1.00 bits per heavy atom. The smallest absolute Gasteiger partial charge is 0.00509 e. The second-order valence-corrected chi connectivity index (χ2v) is 6.70. The molecule has 1 aliphatic heterocycles. The number of rotatable bonds is 4. The Morgan fingerprint density at radius 2 is 1.75 bits per heavy atom. The van der Waals surface area contributed by atoms with Gasteiger partial charge in [0.05, 0.1) is 0 Å². The molecule has 2 fully saturated rings. The average molecular weight is 272 g/mol. The van der Waals surface area contributed by atoms with Crippen molar-refractivity contribution < 1.29 is 0 Å². The largest absolute Gasteiger partial charge is 0.330 e. The van der Waals surface area contributed by atoms with Gasteiger partial charge in [-0.2, -0.15) is 0 Å². The van der Waals surface area contributed by atoms with Crippen molar-refractivity contribution in [2.75, 3.05) is 26.2 Å². The van der Waals surface area contributed by atoms with Crippen molar-refractivity contribution >= 4 is 0 Å². The van der Waals surface area contributed by atoms with Crippen molar-refractivity contribution in [3.8, 4) is 0 Å². The first-order valence-corrected chi connectivity index (χ1v) is 8.34. The van der Waals surface area contributed by atoms with E-state index in [0.29, 0.717) is 0 Å². The SMILES string of the molecule is NCC1CCCCC1CN1CCC(c2ccccc2)C1. The highest BCUT2D eigenvalue weighted by Gasteiger charge is 2.29. The first-order valence-electron chi connectivity index (χ1n) is 8.34. The topological polar surface area (TPSA) is 29.3 Å². The molecule has 3 atom stereocenters. The van der Waals surface area contributed by atoms with E-state index in [0.717, 1.165) is 24.3 Å². The van der Waals surface area contributed by atoms with E-state index in [-0.39, 0.29) is 0 Å². The minimum absolute atomic E-state index is 0.746. The zero-order valence-corrected chi connectivity index (χ0v) is 12.5. The Labute approximate surface area is 123 Å². The van der Waals surface area contributed by atoms with Crippen molar-refractivity contribution in [3.63, 3.8) is 0 Å². The van der Waals surface area contributed by atoms with Gasteiger partial charge < -0.3 is 10.6 Å². The molecule has 1 heterocycles. The van der Waals surface area contributed by atoms with Gasteiger partial charge in [0.2, 0.25) is 0 Å². The van der Waals surface area contributed by atoms with E-state index in [1.165, 1.54) is 57.3 Å². The molecule has 2 heteroatoms. The molecule has 1 aromatic rings. The lowest BCUT2D eigenvalue weighted by molar-refractivity contribution is 0.172. The summed E-state index contributed by atoms with van der Waals surface area (Å²) in [6, 6.07) is 11.0. The molecule has 1 saturated carbocycles. The van der Waals surface area contributed by atoms with Crippen molar-refractivity contribution in [2.45, 2.75) is 38.0 Å². The van der Waals surface area contributed by atoms with Crippen LogP contribution < -0.4 is 5.73 Å². The Morgan fingerprint density at radius 3 is 2.50 bits per heavy atom. The van der Waals surface area contributed by atoms with E-state index in [2.05, 4.69) is 35.2 Å². The molecular formula is C18H28N2. The summed E-state index contributed by atoms with van der Waals surface area (Å²) < 4.78 is 0. The van der Waals surface area contributed by atoms with Crippen LogP contribution in [0.5, 0.6) is 0 Å². The second kappa shape index (κ2) is 6.73. The normalized spacial score (nSPS) is 31.6. The number of hydrogen-bond acceptors (Lipinski definition) is 2. The first kappa shape index (κ1) is 14.1. The van der Waals surface area contributed by atoms with Crippen molar-refractivity contribution in [1.82, 2.24) is 4.90 Å². The highest BCUT2D eigenvalue weighted by molar-refractivity contribution is 5.21. The summed E-state index contributed by atoms with van der Waals surface area (Å²) in [4.78, 5) is 2.69. The molecule has 0 bridgehead atoms. The highest BCUT2D eigenvalue weighted by Crippen LogP contribution is 2.33. The number of nitrogens with two attached hydrogens (primary N) is 1. The Bertz CT molecular complexity index is 403. The first-order chi connectivity index (χ1) is 9.86. The summed E-state index contributed by atoms with van der Waals surface area (Å²) in [5, 5.41) is 0. The third-order valence-electron chi connectivity index (χ3n) is 5.41.